The van der Waals surface area contributed by atoms with Crippen molar-refractivity contribution in [1.82, 2.24) is 0 Å². The van der Waals surface area contributed by atoms with Gasteiger partial charge in [0.1, 0.15) is 0 Å². The Kier molecular flexibility index (Phi) is 6.24. The van der Waals surface area contributed by atoms with Gasteiger partial charge >= 0.3 is 0 Å². The minimum atomic E-state index is -0.258. The van der Waals surface area contributed by atoms with Crippen LogP contribution in [0.2, 0.25) is 0 Å². The summed E-state index contributed by atoms with van der Waals surface area (Å²) in [6.07, 6.45) is 7.27. The van der Waals surface area contributed by atoms with Gasteiger partial charge in [-0.2, -0.15) is 0 Å². The number of unbranched alkanes of at least 4 members (excludes halogenated alkanes) is 2. The lowest BCUT2D eigenvalue weighted by atomic mass is 10.1. The Labute approximate surface area is 70.1 Å². The molecular weight excluding hydrogens is 136 g/mol. The van der Waals surface area contributed by atoms with Crippen molar-refractivity contribution in [2.75, 3.05) is 0 Å². The largest absolute Gasteiger partial charge is 0.389 e. The summed E-state index contributed by atoms with van der Waals surface area (Å²) in [5.41, 5.74) is 0. The van der Waals surface area contributed by atoms with E-state index in [-0.39, 0.29) is 6.10 Å². The minimum absolute atomic E-state index is 0.258. The van der Waals surface area contributed by atoms with Crippen molar-refractivity contribution in [1.29, 1.82) is 0 Å². The zero-order valence-corrected chi connectivity index (χ0v) is 7.88. The lowest BCUT2D eigenvalue weighted by Gasteiger charge is -2.08. The summed E-state index contributed by atoms with van der Waals surface area (Å²) < 4.78 is 0. The molecule has 1 unspecified atom stereocenters. The van der Waals surface area contributed by atoms with Crippen molar-refractivity contribution < 1.29 is 5.11 Å². The fraction of sp³-hybridized carbons (Fsp3) is 0.800. The molecule has 0 radical (unpaired) electrons. The average molecular weight is 156 g/mol. The lowest BCUT2D eigenvalue weighted by molar-refractivity contribution is 0.172. The van der Waals surface area contributed by atoms with Crippen LogP contribution >= 0.6 is 0 Å². The molecule has 1 N–H and O–H groups in total. The molecule has 0 heterocycles. The van der Waals surface area contributed by atoms with Gasteiger partial charge in [-0.1, -0.05) is 45.8 Å². The summed E-state index contributed by atoms with van der Waals surface area (Å²) in [5.74, 6) is 0.341. The first-order chi connectivity index (χ1) is 5.18. The molecule has 66 valence electrons. The van der Waals surface area contributed by atoms with Gasteiger partial charge in [0.05, 0.1) is 6.10 Å². The van der Waals surface area contributed by atoms with Crippen molar-refractivity contribution in [3.63, 3.8) is 0 Å². The molecule has 1 nitrogen and oxygen atoms in total. The van der Waals surface area contributed by atoms with Crippen LogP contribution in [-0.4, -0.2) is 11.2 Å². The number of hydrogen-bond donors (Lipinski definition) is 1. The van der Waals surface area contributed by atoms with E-state index in [1.807, 2.05) is 19.9 Å². The summed E-state index contributed by atoms with van der Waals surface area (Å²) >= 11 is 0. The van der Waals surface area contributed by atoms with Gasteiger partial charge in [0.15, 0.2) is 0 Å². The van der Waals surface area contributed by atoms with Crippen molar-refractivity contribution in [3.05, 3.63) is 12.2 Å². The summed E-state index contributed by atoms with van der Waals surface area (Å²) in [7, 11) is 0. The van der Waals surface area contributed by atoms with E-state index in [0.717, 1.165) is 6.42 Å². The van der Waals surface area contributed by atoms with Crippen LogP contribution < -0.4 is 0 Å². The van der Waals surface area contributed by atoms with E-state index in [1.54, 1.807) is 0 Å². The van der Waals surface area contributed by atoms with E-state index >= 15 is 0 Å². The molecule has 0 amide bonds. The molecular formula is C10H20O. The number of rotatable bonds is 5. The van der Waals surface area contributed by atoms with Crippen molar-refractivity contribution in [2.45, 2.75) is 46.1 Å². The van der Waals surface area contributed by atoms with Crippen LogP contribution in [0.4, 0.5) is 0 Å². The Hall–Kier alpha value is -0.300. The Bertz CT molecular complexity index is 105. The maximum Gasteiger partial charge on any atom is 0.0743 e. The third-order valence-corrected chi connectivity index (χ3v) is 1.74. The Balaban J connectivity index is 3.40. The van der Waals surface area contributed by atoms with Crippen molar-refractivity contribution >= 4 is 0 Å². The van der Waals surface area contributed by atoms with Crippen molar-refractivity contribution in [2.24, 2.45) is 5.92 Å². The normalized spacial score (nSPS) is 14.6. The molecule has 0 aromatic rings. The molecule has 1 atom stereocenters. The van der Waals surface area contributed by atoms with Gasteiger partial charge in [-0.05, 0) is 12.3 Å². The van der Waals surface area contributed by atoms with E-state index in [4.69, 9.17) is 0 Å². The van der Waals surface area contributed by atoms with Gasteiger partial charge in [0, 0.05) is 0 Å². The summed E-state index contributed by atoms with van der Waals surface area (Å²) in [6.45, 7) is 6.22. The molecule has 0 aliphatic heterocycles. The Morgan fingerprint density at radius 3 is 2.45 bits per heavy atom. The lowest BCUT2D eigenvalue weighted by Crippen LogP contribution is -2.10. The van der Waals surface area contributed by atoms with Crippen LogP contribution in [-0.2, 0) is 0 Å². The summed E-state index contributed by atoms with van der Waals surface area (Å²) in [5, 5.41) is 9.34. The van der Waals surface area contributed by atoms with E-state index < -0.39 is 0 Å². The van der Waals surface area contributed by atoms with E-state index in [2.05, 4.69) is 13.0 Å². The van der Waals surface area contributed by atoms with Gasteiger partial charge in [-0.15, -0.1) is 0 Å². The quantitative estimate of drug-likeness (QED) is 0.479. The van der Waals surface area contributed by atoms with Gasteiger partial charge in [0.25, 0.3) is 0 Å². The number of aliphatic hydroxyl groups is 1. The molecule has 0 fully saturated rings. The highest BCUT2D eigenvalue weighted by molar-refractivity contribution is 4.89. The van der Waals surface area contributed by atoms with Crippen LogP contribution in [0.15, 0.2) is 12.2 Å². The minimum Gasteiger partial charge on any atom is -0.389 e. The second kappa shape index (κ2) is 6.41. The first-order valence-electron chi connectivity index (χ1n) is 4.53. The topological polar surface area (TPSA) is 20.2 Å². The molecule has 1 heteroatoms. The zero-order chi connectivity index (χ0) is 8.69. The monoisotopic (exact) mass is 156 g/mol. The fourth-order valence-electron chi connectivity index (χ4n) is 0.780. The molecule has 0 saturated heterocycles. The van der Waals surface area contributed by atoms with Crippen LogP contribution in [0.5, 0.6) is 0 Å². The Morgan fingerprint density at radius 1 is 1.36 bits per heavy atom. The third-order valence-electron chi connectivity index (χ3n) is 1.74. The maximum atomic E-state index is 9.34. The van der Waals surface area contributed by atoms with E-state index in [1.165, 1.54) is 12.8 Å². The zero-order valence-electron chi connectivity index (χ0n) is 7.88. The maximum absolute atomic E-state index is 9.34. The first-order valence-corrected chi connectivity index (χ1v) is 4.53. The summed E-state index contributed by atoms with van der Waals surface area (Å²) in [4.78, 5) is 0. The van der Waals surface area contributed by atoms with Crippen LogP contribution in [0.3, 0.4) is 0 Å². The van der Waals surface area contributed by atoms with Gasteiger partial charge in [-0.3, -0.25) is 0 Å². The van der Waals surface area contributed by atoms with E-state index in [0.29, 0.717) is 5.92 Å². The smallest absolute Gasteiger partial charge is 0.0743 e. The second-order valence-electron chi connectivity index (χ2n) is 3.30. The standard InChI is InChI=1S/C10H20O/c1-4-5-6-7-8-10(11)9(2)3/h7-11H,4-6H2,1-3H3/b8-7+. The SMILES string of the molecule is CCCC/C=C/C(O)C(C)C. The average Bonchev–Trinajstić information content (AvgIpc) is 1.97. The third kappa shape index (κ3) is 6.11. The van der Waals surface area contributed by atoms with Gasteiger partial charge in [0.2, 0.25) is 0 Å². The van der Waals surface area contributed by atoms with Crippen LogP contribution in [0.1, 0.15) is 40.0 Å². The highest BCUT2D eigenvalue weighted by Gasteiger charge is 2.02. The second-order valence-corrected chi connectivity index (χ2v) is 3.30. The number of allylic oxidation sites excluding steroid dienone is 1. The molecule has 0 aliphatic rings. The van der Waals surface area contributed by atoms with Gasteiger partial charge < -0.3 is 5.11 Å². The van der Waals surface area contributed by atoms with Crippen LogP contribution in [0.25, 0.3) is 0 Å². The molecule has 0 saturated carbocycles. The first kappa shape index (κ1) is 10.7. The molecule has 0 rings (SSSR count). The van der Waals surface area contributed by atoms with Crippen LogP contribution in [0, 0.1) is 5.92 Å². The highest BCUT2D eigenvalue weighted by Crippen LogP contribution is 2.03. The molecule has 0 aliphatic carbocycles. The molecule has 0 bridgehead atoms. The predicted octanol–water partition coefficient (Wildman–Crippen LogP) is 2.75. The summed E-state index contributed by atoms with van der Waals surface area (Å²) in [6, 6.07) is 0. The van der Waals surface area contributed by atoms with Gasteiger partial charge in [-0.25, -0.2) is 0 Å². The molecule has 0 spiro atoms. The molecule has 11 heavy (non-hydrogen) atoms. The number of aliphatic hydroxyl groups excluding tert-OH is 1. The molecule has 0 aromatic carbocycles. The molecule has 0 aromatic heterocycles. The van der Waals surface area contributed by atoms with Crippen molar-refractivity contribution in [3.8, 4) is 0 Å². The van der Waals surface area contributed by atoms with E-state index in [9.17, 15) is 5.11 Å². The highest BCUT2D eigenvalue weighted by atomic mass is 16.3. The fourth-order valence-corrected chi connectivity index (χ4v) is 0.780. The predicted molar refractivity (Wildman–Crippen MR) is 49.5 cm³/mol. The number of hydrogen-bond acceptors (Lipinski definition) is 1. The Morgan fingerprint density at radius 2 is 2.00 bits per heavy atom.